The van der Waals surface area contributed by atoms with Crippen LogP contribution in [-0.4, -0.2) is 46.5 Å². The maximum absolute atomic E-state index is 11.6. The minimum Gasteiger partial charge on any atom is -0.351 e. The number of piperazine rings is 1. The van der Waals surface area contributed by atoms with Gasteiger partial charge in [0.2, 0.25) is 5.91 Å². The summed E-state index contributed by atoms with van der Waals surface area (Å²) in [5.41, 5.74) is 2.50. The summed E-state index contributed by atoms with van der Waals surface area (Å²) in [5.74, 6) is 6.97. The Morgan fingerprint density at radius 3 is 3.11 bits per heavy atom. The Bertz CT molecular complexity index is 465. The Kier molecular flexibility index (Phi) is 2.75. The second-order valence-electron chi connectivity index (χ2n) is 4.63. The van der Waals surface area contributed by atoms with E-state index in [4.69, 9.17) is 5.84 Å². The molecule has 0 spiro atoms. The average Bonchev–Trinajstić information content (AvgIpc) is 2.80. The Labute approximate surface area is 105 Å². The van der Waals surface area contributed by atoms with Crippen molar-refractivity contribution in [1.82, 2.24) is 14.9 Å². The van der Waals surface area contributed by atoms with Crippen LogP contribution in [0.2, 0.25) is 0 Å². The Hall–Kier alpha value is -1.89. The van der Waals surface area contributed by atoms with E-state index in [9.17, 15) is 4.79 Å². The van der Waals surface area contributed by atoms with Crippen molar-refractivity contribution >= 4 is 17.5 Å². The highest BCUT2D eigenvalue weighted by Crippen LogP contribution is 2.25. The molecule has 7 heteroatoms. The third kappa shape index (κ3) is 1.86. The maximum Gasteiger partial charge on any atom is 0.223 e. The van der Waals surface area contributed by atoms with Crippen molar-refractivity contribution in [3.05, 3.63) is 12.4 Å². The summed E-state index contributed by atoms with van der Waals surface area (Å²) >= 11 is 0. The smallest absolute Gasteiger partial charge is 0.223 e. The average molecular weight is 248 g/mol. The third-order valence-corrected chi connectivity index (χ3v) is 3.59. The van der Waals surface area contributed by atoms with Crippen molar-refractivity contribution < 1.29 is 4.79 Å². The summed E-state index contributed by atoms with van der Waals surface area (Å²) in [6.07, 6.45) is 4.93. The van der Waals surface area contributed by atoms with Crippen LogP contribution in [0, 0.1) is 0 Å². The van der Waals surface area contributed by atoms with Gasteiger partial charge in [-0.1, -0.05) is 0 Å². The van der Waals surface area contributed by atoms with E-state index in [1.807, 2.05) is 4.90 Å². The summed E-state index contributed by atoms with van der Waals surface area (Å²) in [5, 5.41) is 0. The van der Waals surface area contributed by atoms with E-state index in [1.165, 1.54) is 0 Å². The number of hydrogen-bond acceptors (Lipinski definition) is 6. The molecule has 3 heterocycles. The Morgan fingerprint density at radius 2 is 2.28 bits per heavy atom. The minimum absolute atomic E-state index is 0.281. The second-order valence-corrected chi connectivity index (χ2v) is 4.63. The van der Waals surface area contributed by atoms with Crippen LogP contribution < -0.4 is 16.2 Å². The molecule has 3 rings (SSSR count). The lowest BCUT2D eigenvalue weighted by Gasteiger charge is -2.38. The van der Waals surface area contributed by atoms with E-state index in [-0.39, 0.29) is 5.91 Å². The Morgan fingerprint density at radius 1 is 1.39 bits per heavy atom. The molecule has 2 fully saturated rings. The van der Waals surface area contributed by atoms with Crippen LogP contribution in [0.4, 0.5) is 11.6 Å². The number of carbonyl (C=O) groups is 1. The normalized spacial score (nSPS) is 23.2. The molecular formula is C11H16N6O. The summed E-state index contributed by atoms with van der Waals surface area (Å²) in [4.78, 5) is 24.2. The van der Waals surface area contributed by atoms with Gasteiger partial charge in [-0.05, 0) is 6.42 Å². The molecule has 96 valence electrons. The van der Waals surface area contributed by atoms with Crippen molar-refractivity contribution in [3.63, 3.8) is 0 Å². The quantitative estimate of drug-likeness (QED) is 0.545. The van der Waals surface area contributed by atoms with Gasteiger partial charge in [-0.3, -0.25) is 9.78 Å². The van der Waals surface area contributed by atoms with Crippen LogP contribution in [-0.2, 0) is 4.79 Å². The summed E-state index contributed by atoms with van der Waals surface area (Å²) in [6.45, 7) is 2.39. The van der Waals surface area contributed by atoms with Gasteiger partial charge < -0.3 is 15.2 Å². The van der Waals surface area contributed by atoms with E-state index in [2.05, 4.69) is 20.3 Å². The number of hydrazine groups is 1. The fraction of sp³-hybridized carbons (Fsp3) is 0.545. The fourth-order valence-corrected chi connectivity index (χ4v) is 2.65. The molecule has 18 heavy (non-hydrogen) atoms. The summed E-state index contributed by atoms with van der Waals surface area (Å²) in [7, 11) is 0. The Balaban J connectivity index is 1.76. The predicted octanol–water partition coefficient (Wildman–Crippen LogP) is -0.427. The van der Waals surface area contributed by atoms with Crippen LogP contribution in [0.25, 0.3) is 0 Å². The van der Waals surface area contributed by atoms with E-state index >= 15 is 0 Å². The molecule has 1 amide bonds. The van der Waals surface area contributed by atoms with Gasteiger partial charge in [-0.25, -0.2) is 10.8 Å². The molecule has 0 aliphatic carbocycles. The molecule has 2 saturated heterocycles. The number of carbonyl (C=O) groups excluding carboxylic acids is 1. The molecule has 1 aromatic heterocycles. The summed E-state index contributed by atoms with van der Waals surface area (Å²) < 4.78 is 0. The number of rotatable bonds is 2. The number of fused-ring (bicyclic) bond motifs is 1. The maximum atomic E-state index is 11.6. The van der Waals surface area contributed by atoms with Gasteiger partial charge in [-0.2, -0.15) is 0 Å². The lowest BCUT2D eigenvalue weighted by atomic mass is 10.1. The lowest BCUT2D eigenvalue weighted by Crippen LogP contribution is -2.51. The zero-order valence-corrected chi connectivity index (χ0v) is 10.0. The highest BCUT2D eigenvalue weighted by Gasteiger charge is 2.35. The van der Waals surface area contributed by atoms with Gasteiger partial charge in [0.05, 0.1) is 12.4 Å². The molecule has 1 unspecified atom stereocenters. The fourth-order valence-electron chi connectivity index (χ4n) is 2.65. The van der Waals surface area contributed by atoms with Crippen LogP contribution >= 0.6 is 0 Å². The first-order valence-electron chi connectivity index (χ1n) is 6.11. The van der Waals surface area contributed by atoms with E-state index < -0.39 is 0 Å². The first-order chi connectivity index (χ1) is 8.78. The van der Waals surface area contributed by atoms with Gasteiger partial charge in [-0.15, -0.1) is 0 Å². The van der Waals surface area contributed by atoms with E-state index in [1.54, 1.807) is 12.4 Å². The topological polar surface area (TPSA) is 87.4 Å². The molecule has 1 aromatic rings. The zero-order valence-electron chi connectivity index (χ0n) is 10.0. The zero-order chi connectivity index (χ0) is 12.5. The van der Waals surface area contributed by atoms with Crippen molar-refractivity contribution in [2.24, 2.45) is 5.84 Å². The number of amides is 1. The molecule has 0 saturated carbocycles. The monoisotopic (exact) mass is 248 g/mol. The lowest BCUT2D eigenvalue weighted by molar-refractivity contribution is -0.129. The molecule has 0 bridgehead atoms. The molecule has 7 nitrogen and oxygen atoms in total. The van der Waals surface area contributed by atoms with Gasteiger partial charge in [0, 0.05) is 32.1 Å². The first kappa shape index (κ1) is 11.2. The number of nitrogens with one attached hydrogen (secondary N) is 1. The van der Waals surface area contributed by atoms with Crippen LogP contribution in [0.3, 0.4) is 0 Å². The highest BCUT2D eigenvalue weighted by molar-refractivity contribution is 5.79. The number of nitrogens with zero attached hydrogens (tertiary/aromatic N) is 4. The van der Waals surface area contributed by atoms with Crippen molar-refractivity contribution in [2.45, 2.75) is 18.9 Å². The second kappa shape index (κ2) is 4.41. The van der Waals surface area contributed by atoms with Gasteiger partial charge >= 0.3 is 0 Å². The molecule has 1 atom stereocenters. The van der Waals surface area contributed by atoms with E-state index in [0.717, 1.165) is 31.9 Å². The number of aromatic nitrogens is 2. The number of anilines is 2. The molecule has 2 aliphatic heterocycles. The van der Waals surface area contributed by atoms with Crippen molar-refractivity contribution in [2.75, 3.05) is 30.0 Å². The predicted molar refractivity (Wildman–Crippen MR) is 66.8 cm³/mol. The molecule has 3 N–H and O–H groups in total. The number of hydrogen-bond donors (Lipinski definition) is 2. The largest absolute Gasteiger partial charge is 0.351 e. The van der Waals surface area contributed by atoms with Crippen LogP contribution in [0.15, 0.2) is 12.4 Å². The SMILES string of the molecule is NNc1cncc(N2CCN3C(=O)CCC3C2)n1. The first-order valence-corrected chi connectivity index (χ1v) is 6.11. The minimum atomic E-state index is 0.281. The number of nitrogens with two attached hydrogens (primary N) is 1. The highest BCUT2D eigenvalue weighted by atomic mass is 16.2. The number of nitrogen functional groups attached to an aromatic ring is 1. The van der Waals surface area contributed by atoms with Gasteiger partial charge in [0.25, 0.3) is 0 Å². The molecule has 0 aromatic carbocycles. The van der Waals surface area contributed by atoms with Crippen LogP contribution in [0.1, 0.15) is 12.8 Å². The van der Waals surface area contributed by atoms with Crippen molar-refractivity contribution in [3.8, 4) is 0 Å². The van der Waals surface area contributed by atoms with Crippen molar-refractivity contribution in [1.29, 1.82) is 0 Å². The van der Waals surface area contributed by atoms with Gasteiger partial charge in [0.1, 0.15) is 5.82 Å². The molecule has 0 radical (unpaired) electrons. The molecular weight excluding hydrogens is 232 g/mol. The van der Waals surface area contributed by atoms with Crippen LogP contribution in [0.5, 0.6) is 0 Å². The van der Waals surface area contributed by atoms with Gasteiger partial charge in [0.15, 0.2) is 5.82 Å². The standard InChI is InChI=1S/C11H16N6O/c12-15-9-5-13-6-10(14-9)16-3-4-17-8(7-16)1-2-11(17)18/h5-6,8H,1-4,7,12H2,(H,14,15). The van der Waals surface area contributed by atoms with E-state index in [0.29, 0.717) is 18.3 Å². The molecule has 2 aliphatic rings. The third-order valence-electron chi connectivity index (χ3n) is 3.59. The summed E-state index contributed by atoms with van der Waals surface area (Å²) in [6, 6.07) is 0.322.